The molecule has 4 rings (SSSR count). The van der Waals surface area contributed by atoms with Gasteiger partial charge in [0.2, 0.25) is 0 Å². The number of amides is 1. The van der Waals surface area contributed by atoms with E-state index in [0.29, 0.717) is 17.4 Å². The van der Waals surface area contributed by atoms with E-state index in [1.807, 2.05) is 30.3 Å². The molecule has 1 unspecified atom stereocenters. The van der Waals surface area contributed by atoms with Crippen molar-refractivity contribution in [2.75, 3.05) is 0 Å². The Kier molecular flexibility index (Phi) is 4.44. The third-order valence-electron chi connectivity index (χ3n) is 4.17. The number of carbonyl (C=O) groups excluding carboxylic acids is 1. The van der Waals surface area contributed by atoms with E-state index in [-0.39, 0.29) is 17.4 Å². The highest BCUT2D eigenvalue weighted by atomic mass is 16.2. The predicted octanol–water partition coefficient (Wildman–Crippen LogP) is 1.69. The fourth-order valence-corrected chi connectivity index (χ4v) is 2.85. The van der Waals surface area contributed by atoms with Gasteiger partial charge in [0.25, 0.3) is 11.5 Å². The quantitative estimate of drug-likeness (QED) is 0.563. The lowest BCUT2D eigenvalue weighted by Crippen LogP contribution is -2.34. The molecule has 8 heteroatoms. The second kappa shape index (κ2) is 7.20. The topological polar surface area (TPSA) is 106 Å². The second-order valence-corrected chi connectivity index (χ2v) is 5.99. The van der Waals surface area contributed by atoms with Crippen LogP contribution in [0, 0.1) is 0 Å². The van der Waals surface area contributed by atoms with Crippen molar-refractivity contribution in [1.82, 2.24) is 30.0 Å². The highest BCUT2D eigenvalue weighted by Gasteiger charge is 2.19. The largest absolute Gasteiger partial charge is 0.341 e. The molecule has 0 fully saturated rings. The molecule has 0 radical (unpaired) electrons. The fourth-order valence-electron chi connectivity index (χ4n) is 2.85. The predicted molar refractivity (Wildman–Crippen MR) is 99.0 cm³/mol. The molecule has 1 atom stereocenters. The standard InChI is InChI=1S/C19H16N6O2/c26-18-14-8-4-5-9-15(14)22-17(24-18)19(27)23-16(10-25-12-20-11-21-25)13-6-2-1-3-7-13/h1-9,11-12,16H,10H2,(H,23,27)(H,22,24,26). The maximum absolute atomic E-state index is 12.8. The van der Waals surface area contributed by atoms with Crippen molar-refractivity contribution in [3.63, 3.8) is 0 Å². The molecule has 2 N–H and O–H groups in total. The summed E-state index contributed by atoms with van der Waals surface area (Å²) >= 11 is 0. The number of hydrogen-bond donors (Lipinski definition) is 2. The van der Waals surface area contributed by atoms with E-state index < -0.39 is 5.91 Å². The molecule has 4 aromatic rings. The van der Waals surface area contributed by atoms with Crippen LogP contribution in [-0.2, 0) is 6.54 Å². The van der Waals surface area contributed by atoms with Gasteiger partial charge in [0.1, 0.15) is 12.7 Å². The highest BCUT2D eigenvalue weighted by molar-refractivity contribution is 5.92. The number of para-hydroxylation sites is 1. The van der Waals surface area contributed by atoms with Crippen LogP contribution in [0.15, 0.2) is 72.0 Å². The molecule has 0 bridgehead atoms. The smallest absolute Gasteiger partial charge is 0.287 e. The van der Waals surface area contributed by atoms with Crippen molar-refractivity contribution in [2.24, 2.45) is 0 Å². The van der Waals surface area contributed by atoms with Crippen molar-refractivity contribution in [3.05, 3.63) is 89.0 Å². The van der Waals surface area contributed by atoms with Crippen LogP contribution >= 0.6 is 0 Å². The lowest BCUT2D eigenvalue weighted by Gasteiger charge is -2.19. The summed E-state index contributed by atoms with van der Waals surface area (Å²) in [5.41, 5.74) is 1.03. The molecule has 1 amide bonds. The van der Waals surface area contributed by atoms with Crippen molar-refractivity contribution < 1.29 is 4.79 Å². The van der Waals surface area contributed by atoms with Crippen LogP contribution in [0.1, 0.15) is 22.2 Å². The number of benzene rings is 2. The van der Waals surface area contributed by atoms with Crippen LogP contribution in [0.5, 0.6) is 0 Å². The van der Waals surface area contributed by atoms with Gasteiger partial charge in [-0.2, -0.15) is 5.10 Å². The Labute approximate surface area is 153 Å². The molecule has 2 heterocycles. The van der Waals surface area contributed by atoms with Crippen LogP contribution < -0.4 is 10.9 Å². The molecule has 2 aromatic heterocycles. The summed E-state index contributed by atoms with van der Waals surface area (Å²) in [4.78, 5) is 35.7. The first-order valence-corrected chi connectivity index (χ1v) is 8.38. The minimum Gasteiger partial charge on any atom is -0.341 e. The maximum Gasteiger partial charge on any atom is 0.287 e. The molecule has 0 aliphatic carbocycles. The van der Waals surface area contributed by atoms with Crippen LogP contribution in [-0.4, -0.2) is 30.6 Å². The summed E-state index contributed by atoms with van der Waals surface area (Å²) in [6, 6.07) is 16.1. The lowest BCUT2D eigenvalue weighted by molar-refractivity contribution is 0.0921. The summed E-state index contributed by atoms with van der Waals surface area (Å²) < 4.78 is 1.63. The van der Waals surface area contributed by atoms with E-state index in [2.05, 4.69) is 25.4 Å². The molecular weight excluding hydrogens is 344 g/mol. The molecule has 134 valence electrons. The van der Waals surface area contributed by atoms with Gasteiger partial charge in [-0.15, -0.1) is 0 Å². The first-order valence-electron chi connectivity index (χ1n) is 8.38. The third kappa shape index (κ3) is 3.59. The zero-order valence-electron chi connectivity index (χ0n) is 14.2. The SMILES string of the molecule is O=C(NC(Cn1cncn1)c1ccccc1)c1nc2ccccc2c(=O)[nH]1. The van der Waals surface area contributed by atoms with Gasteiger partial charge in [-0.1, -0.05) is 42.5 Å². The zero-order valence-corrected chi connectivity index (χ0v) is 14.2. The van der Waals surface area contributed by atoms with E-state index in [1.54, 1.807) is 35.3 Å². The Hall–Kier alpha value is -3.81. The summed E-state index contributed by atoms with van der Waals surface area (Å²) in [6.45, 7) is 0.396. The average molecular weight is 360 g/mol. The molecule has 0 saturated heterocycles. The van der Waals surface area contributed by atoms with Crippen LogP contribution in [0.3, 0.4) is 0 Å². The summed E-state index contributed by atoms with van der Waals surface area (Å²) in [5, 5.41) is 7.46. The van der Waals surface area contributed by atoms with E-state index in [0.717, 1.165) is 5.56 Å². The van der Waals surface area contributed by atoms with E-state index in [4.69, 9.17) is 0 Å². The van der Waals surface area contributed by atoms with Crippen LogP contribution in [0.25, 0.3) is 10.9 Å². The number of H-pyrrole nitrogens is 1. The number of rotatable bonds is 5. The molecule has 2 aromatic carbocycles. The van der Waals surface area contributed by atoms with Gasteiger partial charge in [-0.05, 0) is 17.7 Å². The Morgan fingerprint density at radius 2 is 1.89 bits per heavy atom. The van der Waals surface area contributed by atoms with Gasteiger partial charge in [0, 0.05) is 0 Å². The maximum atomic E-state index is 12.8. The monoisotopic (exact) mass is 360 g/mol. The molecule has 0 saturated carbocycles. The molecule has 0 aliphatic rings. The zero-order chi connectivity index (χ0) is 18.6. The normalized spacial score (nSPS) is 12.0. The number of fused-ring (bicyclic) bond motifs is 1. The van der Waals surface area contributed by atoms with Crippen LogP contribution in [0.2, 0.25) is 0 Å². The minimum atomic E-state index is -0.466. The van der Waals surface area contributed by atoms with Crippen molar-refractivity contribution in [1.29, 1.82) is 0 Å². The fraction of sp³-hybridized carbons (Fsp3) is 0.105. The number of nitrogens with zero attached hydrogens (tertiary/aromatic N) is 4. The van der Waals surface area contributed by atoms with Gasteiger partial charge in [0.15, 0.2) is 5.82 Å². The van der Waals surface area contributed by atoms with Gasteiger partial charge >= 0.3 is 0 Å². The number of aromatic nitrogens is 5. The van der Waals surface area contributed by atoms with Crippen LogP contribution in [0.4, 0.5) is 0 Å². The first kappa shape index (κ1) is 16.6. The highest BCUT2D eigenvalue weighted by Crippen LogP contribution is 2.15. The Morgan fingerprint density at radius 1 is 1.11 bits per heavy atom. The van der Waals surface area contributed by atoms with Crippen molar-refractivity contribution >= 4 is 16.8 Å². The average Bonchev–Trinajstić information content (AvgIpc) is 3.21. The Bertz CT molecular complexity index is 1120. The molecule has 8 nitrogen and oxygen atoms in total. The van der Waals surface area contributed by atoms with Gasteiger partial charge in [0.05, 0.1) is 23.5 Å². The van der Waals surface area contributed by atoms with E-state index >= 15 is 0 Å². The van der Waals surface area contributed by atoms with Crippen molar-refractivity contribution in [2.45, 2.75) is 12.6 Å². The van der Waals surface area contributed by atoms with Gasteiger partial charge in [-0.3, -0.25) is 14.3 Å². The third-order valence-corrected chi connectivity index (χ3v) is 4.17. The minimum absolute atomic E-state index is 0.0294. The van der Waals surface area contributed by atoms with Gasteiger partial charge < -0.3 is 10.3 Å². The van der Waals surface area contributed by atoms with Crippen molar-refractivity contribution in [3.8, 4) is 0 Å². The number of carbonyl (C=O) groups is 1. The summed E-state index contributed by atoms with van der Waals surface area (Å²) in [6.07, 6.45) is 3.02. The van der Waals surface area contributed by atoms with E-state index in [1.165, 1.54) is 6.33 Å². The molecule has 0 aliphatic heterocycles. The van der Waals surface area contributed by atoms with E-state index in [9.17, 15) is 9.59 Å². The lowest BCUT2D eigenvalue weighted by atomic mass is 10.1. The Morgan fingerprint density at radius 3 is 2.67 bits per heavy atom. The summed E-state index contributed by atoms with van der Waals surface area (Å²) in [7, 11) is 0. The summed E-state index contributed by atoms with van der Waals surface area (Å²) in [5.74, 6) is -0.495. The number of aromatic amines is 1. The van der Waals surface area contributed by atoms with Gasteiger partial charge in [-0.25, -0.2) is 9.97 Å². The first-order chi connectivity index (χ1) is 13.2. The number of hydrogen-bond acceptors (Lipinski definition) is 5. The Balaban J connectivity index is 1.64. The number of nitrogens with one attached hydrogen (secondary N) is 2. The second-order valence-electron chi connectivity index (χ2n) is 5.99. The molecule has 27 heavy (non-hydrogen) atoms. The molecular formula is C19H16N6O2. The molecule has 0 spiro atoms.